The van der Waals surface area contributed by atoms with Crippen LogP contribution < -0.4 is 11.1 Å². The molecule has 1 unspecified atom stereocenters. The second-order valence-electron chi connectivity index (χ2n) is 4.19. The van der Waals surface area contributed by atoms with Crippen molar-refractivity contribution in [2.24, 2.45) is 12.8 Å². The largest absolute Gasteiger partial charge is 0.361 e. The Hall–Kier alpha value is -2.41. The highest BCUT2D eigenvalue weighted by molar-refractivity contribution is 5.54. The van der Waals surface area contributed by atoms with Crippen LogP contribution in [0.4, 0.5) is 11.5 Å². The van der Waals surface area contributed by atoms with Gasteiger partial charge in [-0.3, -0.25) is 14.8 Å². The lowest BCUT2D eigenvalue weighted by molar-refractivity contribution is -0.384. The normalized spacial score (nSPS) is 12.1. The van der Waals surface area contributed by atoms with Gasteiger partial charge >= 0.3 is 5.69 Å². The van der Waals surface area contributed by atoms with E-state index >= 15 is 0 Å². The van der Waals surface area contributed by atoms with Crippen molar-refractivity contribution >= 4 is 11.5 Å². The predicted molar refractivity (Wildman–Crippen MR) is 71.7 cm³/mol. The van der Waals surface area contributed by atoms with E-state index in [0.29, 0.717) is 6.54 Å². The molecule has 1 heterocycles. The number of aromatic nitrogens is 2. The first-order valence-electron chi connectivity index (χ1n) is 5.80. The van der Waals surface area contributed by atoms with Crippen LogP contribution >= 0.6 is 0 Å². The topological polar surface area (TPSA) is 99.0 Å². The summed E-state index contributed by atoms with van der Waals surface area (Å²) >= 11 is 0. The number of benzene rings is 1. The molecule has 100 valence electrons. The van der Waals surface area contributed by atoms with Gasteiger partial charge in [-0.05, 0) is 5.56 Å². The SMILES string of the molecule is Cn1cc([N+](=O)[O-])c(NCC(N)c2ccccc2)n1. The van der Waals surface area contributed by atoms with E-state index in [2.05, 4.69) is 10.4 Å². The summed E-state index contributed by atoms with van der Waals surface area (Å²) in [4.78, 5) is 10.4. The molecule has 0 aliphatic heterocycles. The zero-order valence-corrected chi connectivity index (χ0v) is 10.5. The van der Waals surface area contributed by atoms with Crippen molar-refractivity contribution in [2.75, 3.05) is 11.9 Å². The molecule has 0 spiro atoms. The molecule has 19 heavy (non-hydrogen) atoms. The molecule has 7 heteroatoms. The van der Waals surface area contributed by atoms with Crippen LogP contribution in [0.15, 0.2) is 36.5 Å². The molecule has 0 radical (unpaired) electrons. The van der Waals surface area contributed by atoms with Gasteiger partial charge in [-0.15, -0.1) is 5.10 Å². The summed E-state index contributed by atoms with van der Waals surface area (Å²) in [6.07, 6.45) is 1.36. The third-order valence-corrected chi connectivity index (χ3v) is 2.72. The standard InChI is InChI=1S/C12H15N5O2/c1-16-8-11(17(18)19)12(15-16)14-7-10(13)9-5-3-2-4-6-9/h2-6,8,10H,7,13H2,1H3,(H,14,15). The molecular weight excluding hydrogens is 246 g/mol. The van der Waals surface area contributed by atoms with Gasteiger partial charge in [0, 0.05) is 19.6 Å². The molecule has 2 aromatic rings. The third-order valence-electron chi connectivity index (χ3n) is 2.72. The Morgan fingerprint density at radius 3 is 2.79 bits per heavy atom. The number of aryl methyl sites for hydroxylation is 1. The van der Waals surface area contributed by atoms with Crippen molar-refractivity contribution in [1.82, 2.24) is 9.78 Å². The molecule has 2 rings (SSSR count). The highest BCUT2D eigenvalue weighted by atomic mass is 16.6. The van der Waals surface area contributed by atoms with E-state index in [4.69, 9.17) is 5.73 Å². The average Bonchev–Trinajstić information content (AvgIpc) is 2.78. The van der Waals surface area contributed by atoms with E-state index in [-0.39, 0.29) is 17.5 Å². The van der Waals surface area contributed by atoms with Gasteiger partial charge in [0.2, 0.25) is 5.82 Å². The van der Waals surface area contributed by atoms with Gasteiger partial charge in [-0.25, -0.2) is 0 Å². The molecular formula is C12H15N5O2. The Bertz CT molecular complexity index is 567. The fourth-order valence-corrected chi connectivity index (χ4v) is 1.76. The summed E-state index contributed by atoms with van der Waals surface area (Å²) in [5.74, 6) is 0.235. The van der Waals surface area contributed by atoms with E-state index in [1.165, 1.54) is 10.9 Å². The smallest absolute Gasteiger partial charge is 0.330 e. The number of nitrogens with zero attached hydrogens (tertiary/aromatic N) is 3. The lowest BCUT2D eigenvalue weighted by Crippen LogP contribution is -2.21. The Morgan fingerprint density at radius 2 is 2.16 bits per heavy atom. The molecule has 7 nitrogen and oxygen atoms in total. The minimum atomic E-state index is -0.469. The van der Waals surface area contributed by atoms with Crippen molar-refractivity contribution in [3.8, 4) is 0 Å². The summed E-state index contributed by atoms with van der Waals surface area (Å²) in [7, 11) is 1.63. The van der Waals surface area contributed by atoms with Gasteiger partial charge in [-0.2, -0.15) is 0 Å². The number of hydrogen-bond acceptors (Lipinski definition) is 5. The Kier molecular flexibility index (Phi) is 3.76. The quantitative estimate of drug-likeness (QED) is 0.626. The van der Waals surface area contributed by atoms with Gasteiger partial charge in [0.25, 0.3) is 0 Å². The third kappa shape index (κ3) is 3.08. The van der Waals surface area contributed by atoms with Crippen molar-refractivity contribution in [3.05, 3.63) is 52.2 Å². The molecule has 0 saturated heterocycles. The van der Waals surface area contributed by atoms with Crippen LogP contribution in [0, 0.1) is 10.1 Å². The van der Waals surface area contributed by atoms with Gasteiger partial charge in [0.05, 0.1) is 4.92 Å². The van der Waals surface area contributed by atoms with Crippen LogP contribution in [0.1, 0.15) is 11.6 Å². The number of rotatable bonds is 5. The molecule has 1 aromatic heterocycles. The summed E-state index contributed by atoms with van der Waals surface area (Å²) in [6.45, 7) is 0.377. The molecule has 3 N–H and O–H groups in total. The number of nitro groups is 1. The zero-order chi connectivity index (χ0) is 13.8. The summed E-state index contributed by atoms with van der Waals surface area (Å²) in [5.41, 5.74) is 6.92. The van der Waals surface area contributed by atoms with Crippen LogP contribution in [0.2, 0.25) is 0 Å². The number of hydrogen-bond donors (Lipinski definition) is 2. The molecule has 0 saturated carbocycles. The fourth-order valence-electron chi connectivity index (χ4n) is 1.76. The second-order valence-corrected chi connectivity index (χ2v) is 4.19. The van der Waals surface area contributed by atoms with E-state index in [1.54, 1.807) is 7.05 Å². The maximum atomic E-state index is 10.8. The molecule has 0 fully saturated rings. The van der Waals surface area contributed by atoms with Crippen LogP contribution in [0.25, 0.3) is 0 Å². The number of anilines is 1. The molecule has 1 atom stereocenters. The number of nitrogens with two attached hydrogens (primary N) is 1. The van der Waals surface area contributed by atoms with E-state index in [0.717, 1.165) is 5.56 Å². The van der Waals surface area contributed by atoms with Crippen molar-refractivity contribution in [2.45, 2.75) is 6.04 Å². The molecule has 0 bridgehead atoms. The van der Waals surface area contributed by atoms with Gasteiger partial charge < -0.3 is 11.1 Å². The summed E-state index contributed by atoms with van der Waals surface area (Å²) < 4.78 is 1.40. The first-order chi connectivity index (χ1) is 9.08. The van der Waals surface area contributed by atoms with Crippen LogP contribution in [0.3, 0.4) is 0 Å². The van der Waals surface area contributed by atoms with E-state index in [1.807, 2.05) is 30.3 Å². The molecule has 0 aliphatic carbocycles. The van der Waals surface area contributed by atoms with Gasteiger partial charge in [0.15, 0.2) is 0 Å². The minimum Gasteiger partial charge on any atom is -0.361 e. The van der Waals surface area contributed by atoms with E-state index in [9.17, 15) is 10.1 Å². The zero-order valence-electron chi connectivity index (χ0n) is 10.5. The first kappa shape index (κ1) is 13.0. The van der Waals surface area contributed by atoms with E-state index < -0.39 is 4.92 Å². The van der Waals surface area contributed by atoms with Gasteiger partial charge in [0.1, 0.15) is 6.20 Å². The maximum absolute atomic E-state index is 10.8. The lowest BCUT2D eigenvalue weighted by atomic mass is 10.1. The van der Waals surface area contributed by atoms with Crippen LogP contribution in [0.5, 0.6) is 0 Å². The van der Waals surface area contributed by atoms with Crippen molar-refractivity contribution in [3.63, 3.8) is 0 Å². The molecule has 0 amide bonds. The molecule has 1 aromatic carbocycles. The predicted octanol–water partition coefficient (Wildman–Crippen LogP) is 1.44. The van der Waals surface area contributed by atoms with Gasteiger partial charge in [-0.1, -0.05) is 30.3 Å². The first-order valence-corrected chi connectivity index (χ1v) is 5.80. The van der Waals surface area contributed by atoms with Crippen molar-refractivity contribution < 1.29 is 4.92 Å². The Balaban J connectivity index is 2.05. The summed E-state index contributed by atoms with van der Waals surface area (Å²) in [5, 5.41) is 17.8. The second kappa shape index (κ2) is 5.49. The molecule has 0 aliphatic rings. The number of nitrogens with one attached hydrogen (secondary N) is 1. The minimum absolute atomic E-state index is 0.0530. The average molecular weight is 261 g/mol. The highest BCUT2D eigenvalue weighted by Gasteiger charge is 2.18. The Labute approximate surface area is 110 Å². The monoisotopic (exact) mass is 261 g/mol. The Morgan fingerprint density at radius 1 is 1.47 bits per heavy atom. The fraction of sp³-hybridized carbons (Fsp3) is 0.250. The lowest BCUT2D eigenvalue weighted by Gasteiger charge is -2.12. The van der Waals surface area contributed by atoms with Crippen LogP contribution in [-0.2, 0) is 7.05 Å². The van der Waals surface area contributed by atoms with Crippen LogP contribution in [-0.4, -0.2) is 21.2 Å². The summed E-state index contributed by atoms with van der Waals surface area (Å²) in [6, 6.07) is 9.30. The highest BCUT2D eigenvalue weighted by Crippen LogP contribution is 2.22. The van der Waals surface area contributed by atoms with Crippen molar-refractivity contribution in [1.29, 1.82) is 0 Å². The maximum Gasteiger partial charge on any atom is 0.330 e.